The van der Waals surface area contributed by atoms with Gasteiger partial charge in [-0.15, -0.1) is 11.3 Å². The molecule has 1 heterocycles. The van der Waals surface area contributed by atoms with Gasteiger partial charge in [-0.25, -0.2) is 4.98 Å². The molecule has 0 fully saturated rings. The van der Waals surface area contributed by atoms with Crippen LogP contribution < -0.4 is 14.7 Å². The summed E-state index contributed by atoms with van der Waals surface area (Å²) in [5.74, 6) is -0.405. The van der Waals surface area contributed by atoms with Gasteiger partial charge in [0.2, 0.25) is 0 Å². The number of likely N-dealkylation sites (N-methyl/N-ethyl adjacent to an activating group) is 1. The molecule has 0 saturated carbocycles. The van der Waals surface area contributed by atoms with Crippen LogP contribution in [0.25, 0.3) is 10.6 Å². The fraction of sp³-hybridized carbons (Fsp3) is 0.412. The van der Waals surface area contributed by atoms with Crippen molar-refractivity contribution in [3.8, 4) is 16.3 Å². The molecule has 2 aromatic rings. The van der Waals surface area contributed by atoms with Gasteiger partial charge >= 0.3 is 0 Å². The molecule has 23 heavy (non-hydrogen) atoms. The van der Waals surface area contributed by atoms with Crippen LogP contribution in [0.5, 0.6) is 5.75 Å². The predicted octanol–water partition coefficient (Wildman–Crippen LogP) is 0.786. The molecule has 0 amide bonds. The predicted molar refractivity (Wildman–Crippen MR) is 89.0 cm³/mol. The van der Waals surface area contributed by atoms with Crippen molar-refractivity contribution in [2.24, 2.45) is 0 Å². The Balaban J connectivity index is 2.08. The van der Waals surface area contributed by atoms with Gasteiger partial charge in [0.15, 0.2) is 0 Å². The average molecular weight is 334 g/mol. The van der Waals surface area contributed by atoms with Crippen LogP contribution in [0, 0.1) is 6.92 Å². The first kappa shape index (κ1) is 17.4. The van der Waals surface area contributed by atoms with Crippen LogP contribution in [0.1, 0.15) is 29.2 Å². The third-order valence-corrected chi connectivity index (χ3v) is 4.97. The second kappa shape index (κ2) is 8.08. The zero-order valence-electron chi connectivity index (χ0n) is 13.7. The summed E-state index contributed by atoms with van der Waals surface area (Å²) in [6.45, 7) is 9.80. The first-order chi connectivity index (χ1) is 11.0. The Morgan fingerprint density at radius 3 is 2.70 bits per heavy atom. The van der Waals surface area contributed by atoms with Crippen LogP contribution in [0.15, 0.2) is 24.3 Å². The molecule has 1 aromatic carbocycles. The van der Waals surface area contributed by atoms with Gasteiger partial charge in [0.1, 0.15) is 23.9 Å². The molecule has 0 atom stereocenters. The number of thiazole rings is 1. The third-order valence-electron chi connectivity index (χ3n) is 3.79. The van der Waals surface area contributed by atoms with E-state index >= 15 is 0 Å². The number of hydrogen-bond donors (Lipinski definition) is 1. The van der Waals surface area contributed by atoms with E-state index in [1.165, 1.54) is 4.90 Å². The van der Waals surface area contributed by atoms with Crippen LogP contribution in [0.4, 0.5) is 0 Å². The van der Waals surface area contributed by atoms with Crippen molar-refractivity contribution >= 4 is 17.3 Å². The third kappa shape index (κ3) is 4.53. The fourth-order valence-electron chi connectivity index (χ4n) is 2.34. The minimum Gasteiger partial charge on any atom is -0.544 e. The van der Waals surface area contributed by atoms with E-state index in [9.17, 15) is 9.90 Å². The van der Waals surface area contributed by atoms with E-state index < -0.39 is 5.97 Å². The van der Waals surface area contributed by atoms with E-state index in [2.05, 4.69) is 18.8 Å². The maximum Gasteiger partial charge on any atom is 0.137 e. The summed E-state index contributed by atoms with van der Waals surface area (Å²) in [5, 5.41) is 11.7. The van der Waals surface area contributed by atoms with Crippen molar-refractivity contribution in [3.05, 3.63) is 34.8 Å². The highest BCUT2D eigenvalue weighted by Crippen LogP contribution is 2.29. The van der Waals surface area contributed by atoms with Gasteiger partial charge < -0.3 is 19.5 Å². The number of carboxylic acids is 1. The Labute approximate surface area is 140 Å². The Morgan fingerprint density at radius 1 is 1.35 bits per heavy atom. The maximum atomic E-state index is 11.0. The van der Waals surface area contributed by atoms with Crippen LogP contribution in [0.3, 0.4) is 0 Å². The number of aromatic carboxylic acids is 1. The maximum absolute atomic E-state index is 11.0. The summed E-state index contributed by atoms with van der Waals surface area (Å²) in [5.41, 5.74) is 1.35. The number of nitrogens with one attached hydrogen (secondary N) is 1. The Bertz CT molecular complexity index is 666. The summed E-state index contributed by atoms with van der Waals surface area (Å²) in [6.07, 6.45) is 0. The second-order valence-electron chi connectivity index (χ2n) is 5.30. The molecule has 0 bridgehead atoms. The number of carbonyl (C=O) groups excluding carboxylic acids is 1. The highest BCUT2D eigenvalue weighted by Gasteiger charge is 2.11. The van der Waals surface area contributed by atoms with E-state index in [1.54, 1.807) is 6.92 Å². The molecule has 0 saturated heterocycles. The first-order valence-corrected chi connectivity index (χ1v) is 8.62. The van der Waals surface area contributed by atoms with E-state index in [4.69, 9.17) is 4.74 Å². The van der Waals surface area contributed by atoms with Gasteiger partial charge in [-0.3, -0.25) is 0 Å². The molecule has 0 spiro atoms. The van der Waals surface area contributed by atoms with Crippen molar-refractivity contribution in [3.63, 3.8) is 0 Å². The van der Waals surface area contributed by atoms with Gasteiger partial charge in [0, 0.05) is 5.56 Å². The van der Waals surface area contributed by atoms with Crippen molar-refractivity contribution in [2.75, 3.05) is 26.2 Å². The van der Waals surface area contributed by atoms with E-state index in [-0.39, 0.29) is 4.88 Å². The zero-order valence-corrected chi connectivity index (χ0v) is 14.5. The molecule has 0 aliphatic rings. The molecule has 0 aliphatic heterocycles. The summed E-state index contributed by atoms with van der Waals surface area (Å²) < 4.78 is 5.81. The quantitative estimate of drug-likeness (QED) is 0.775. The molecular formula is C17H22N2O3S. The van der Waals surface area contributed by atoms with Crippen LogP contribution >= 0.6 is 11.3 Å². The van der Waals surface area contributed by atoms with Gasteiger partial charge in [0.05, 0.1) is 29.6 Å². The summed E-state index contributed by atoms with van der Waals surface area (Å²) in [6, 6.07) is 7.60. The molecule has 5 nitrogen and oxygen atoms in total. The number of ether oxygens (including phenoxy) is 1. The first-order valence-electron chi connectivity index (χ1n) is 7.80. The number of nitrogens with zero attached hydrogens (tertiary/aromatic N) is 1. The van der Waals surface area contributed by atoms with E-state index in [0.29, 0.717) is 17.3 Å². The largest absolute Gasteiger partial charge is 0.544 e. The average Bonchev–Trinajstić information content (AvgIpc) is 2.94. The van der Waals surface area contributed by atoms with E-state index in [0.717, 1.165) is 42.3 Å². The highest BCUT2D eigenvalue weighted by molar-refractivity contribution is 7.17. The lowest BCUT2D eigenvalue weighted by Gasteiger charge is -2.15. The van der Waals surface area contributed by atoms with Crippen molar-refractivity contribution in [1.29, 1.82) is 0 Å². The number of aromatic nitrogens is 1. The smallest absolute Gasteiger partial charge is 0.137 e. The number of carboxylic acid groups (broad SMARTS) is 1. The number of rotatable bonds is 8. The number of quaternary nitrogens is 1. The van der Waals surface area contributed by atoms with Crippen LogP contribution in [0.2, 0.25) is 0 Å². The van der Waals surface area contributed by atoms with Crippen molar-refractivity contribution in [2.45, 2.75) is 20.8 Å². The van der Waals surface area contributed by atoms with Crippen molar-refractivity contribution in [1.82, 2.24) is 4.98 Å². The summed E-state index contributed by atoms with van der Waals surface area (Å²) in [7, 11) is 0. The normalized spacial score (nSPS) is 11.0. The lowest BCUT2D eigenvalue weighted by molar-refractivity contribution is -0.896. The molecule has 124 valence electrons. The SMILES string of the molecule is CC[NH+](CC)CCOc1cccc(-c2nc(C)c(C(=O)[O-])s2)c1. The summed E-state index contributed by atoms with van der Waals surface area (Å²) >= 11 is 1.13. The van der Waals surface area contributed by atoms with Gasteiger partial charge in [0.25, 0.3) is 0 Å². The minimum atomic E-state index is -1.18. The number of benzene rings is 1. The van der Waals surface area contributed by atoms with Gasteiger partial charge in [-0.1, -0.05) is 12.1 Å². The molecule has 1 N–H and O–H groups in total. The Kier molecular flexibility index (Phi) is 6.12. The topological polar surface area (TPSA) is 66.7 Å². The summed E-state index contributed by atoms with van der Waals surface area (Å²) in [4.78, 5) is 17.0. The molecular weight excluding hydrogens is 312 g/mol. The minimum absolute atomic E-state index is 0.177. The highest BCUT2D eigenvalue weighted by atomic mass is 32.1. The molecule has 2 rings (SSSR count). The van der Waals surface area contributed by atoms with Crippen molar-refractivity contribution < 1.29 is 19.5 Å². The molecule has 6 heteroatoms. The van der Waals surface area contributed by atoms with Gasteiger partial charge in [-0.05, 0) is 32.9 Å². The second-order valence-corrected chi connectivity index (χ2v) is 6.30. The standard InChI is InChI=1S/C17H22N2O3S/c1-4-19(5-2)9-10-22-14-8-6-7-13(11-14)16-18-12(3)15(23-16)17(20)21/h6-8,11H,4-5,9-10H2,1-3H3,(H,20,21). The van der Waals surface area contributed by atoms with Gasteiger partial charge in [-0.2, -0.15) is 0 Å². The van der Waals surface area contributed by atoms with E-state index in [1.807, 2.05) is 24.3 Å². The molecule has 0 radical (unpaired) electrons. The number of hydrogen-bond acceptors (Lipinski definition) is 5. The molecule has 1 aromatic heterocycles. The lowest BCUT2D eigenvalue weighted by Crippen LogP contribution is -3.12. The number of carbonyl (C=O) groups is 1. The number of aryl methyl sites for hydroxylation is 1. The molecule has 0 unspecified atom stereocenters. The molecule has 0 aliphatic carbocycles. The Hall–Kier alpha value is -1.92. The zero-order chi connectivity index (χ0) is 16.8. The Morgan fingerprint density at radius 2 is 2.09 bits per heavy atom. The van der Waals surface area contributed by atoms with Crippen LogP contribution in [-0.4, -0.2) is 37.2 Å². The lowest BCUT2D eigenvalue weighted by atomic mass is 10.2. The fourth-order valence-corrected chi connectivity index (χ4v) is 3.24. The van der Waals surface area contributed by atoms with Crippen LogP contribution in [-0.2, 0) is 0 Å². The monoisotopic (exact) mass is 334 g/mol.